The van der Waals surface area contributed by atoms with Gasteiger partial charge in [-0.3, -0.25) is 0 Å². The summed E-state index contributed by atoms with van der Waals surface area (Å²) in [6.07, 6.45) is 4.87. The summed E-state index contributed by atoms with van der Waals surface area (Å²) in [7, 11) is 1.52. The summed E-state index contributed by atoms with van der Waals surface area (Å²) in [4.78, 5) is 7.83. The molecule has 2 N–H and O–H groups in total. The molecule has 0 atom stereocenters. The average molecular weight is 310 g/mol. The van der Waals surface area contributed by atoms with Gasteiger partial charge in [0.25, 0.3) is 0 Å². The average Bonchev–Trinajstić information content (AvgIpc) is 2.41. The molecule has 1 aromatic carbocycles. The molecular weight excluding hydrogens is 298 g/mol. The third-order valence-electron chi connectivity index (χ3n) is 2.37. The fourth-order valence-corrected chi connectivity index (χ4v) is 1.97. The van der Waals surface area contributed by atoms with Crippen LogP contribution in [0.15, 0.2) is 35.3 Å². The highest BCUT2D eigenvalue weighted by molar-refractivity contribution is 9.10. The second-order valence-corrected chi connectivity index (χ2v) is 4.46. The topological polar surface area (TPSA) is 67.3 Å². The normalized spacial score (nSPS) is 10.1. The van der Waals surface area contributed by atoms with Crippen LogP contribution in [0.3, 0.4) is 0 Å². The number of phenolic OH excluding ortho intramolecular Hbond substituents is 1. The molecule has 0 bridgehead atoms. The van der Waals surface area contributed by atoms with Crippen molar-refractivity contribution in [2.24, 2.45) is 0 Å². The summed E-state index contributed by atoms with van der Waals surface area (Å²) in [6.45, 7) is 0.586. The molecule has 0 spiro atoms. The number of phenols is 1. The van der Waals surface area contributed by atoms with Crippen LogP contribution in [-0.4, -0.2) is 22.2 Å². The van der Waals surface area contributed by atoms with Crippen molar-refractivity contribution in [1.82, 2.24) is 9.97 Å². The fraction of sp³-hybridized carbons (Fsp3) is 0.167. The lowest BCUT2D eigenvalue weighted by Crippen LogP contribution is -2.00. The van der Waals surface area contributed by atoms with E-state index in [2.05, 4.69) is 31.2 Å². The largest absolute Gasteiger partial charge is 0.503 e. The number of nitrogens with one attached hydrogen (secondary N) is 1. The van der Waals surface area contributed by atoms with Crippen LogP contribution >= 0.6 is 15.9 Å². The Morgan fingerprint density at radius 1 is 1.33 bits per heavy atom. The molecule has 0 unspecified atom stereocenters. The third kappa shape index (κ3) is 2.89. The van der Waals surface area contributed by atoms with Gasteiger partial charge >= 0.3 is 0 Å². The van der Waals surface area contributed by atoms with Crippen LogP contribution in [0.4, 0.5) is 5.69 Å². The number of hydrogen-bond acceptors (Lipinski definition) is 5. The van der Waals surface area contributed by atoms with E-state index in [-0.39, 0.29) is 5.75 Å². The van der Waals surface area contributed by atoms with Gasteiger partial charge in [0.15, 0.2) is 11.5 Å². The molecule has 94 valence electrons. The minimum absolute atomic E-state index is 0.101. The number of aromatic nitrogens is 2. The maximum atomic E-state index is 9.69. The van der Waals surface area contributed by atoms with Crippen molar-refractivity contribution in [3.8, 4) is 11.5 Å². The van der Waals surface area contributed by atoms with Gasteiger partial charge in [0.2, 0.25) is 0 Å². The van der Waals surface area contributed by atoms with E-state index in [0.717, 1.165) is 11.3 Å². The summed E-state index contributed by atoms with van der Waals surface area (Å²) in [5.41, 5.74) is 1.81. The molecule has 0 saturated heterocycles. The lowest BCUT2D eigenvalue weighted by Gasteiger charge is -2.10. The highest BCUT2D eigenvalue weighted by atomic mass is 79.9. The maximum Gasteiger partial charge on any atom is 0.172 e. The molecule has 0 aliphatic carbocycles. The van der Waals surface area contributed by atoms with Gasteiger partial charge in [-0.1, -0.05) is 0 Å². The lowest BCUT2D eigenvalue weighted by atomic mass is 10.2. The number of benzene rings is 1. The number of aromatic hydroxyl groups is 1. The lowest BCUT2D eigenvalue weighted by molar-refractivity contribution is 0.371. The van der Waals surface area contributed by atoms with Crippen LogP contribution in [0.5, 0.6) is 11.5 Å². The van der Waals surface area contributed by atoms with Crippen molar-refractivity contribution in [3.05, 3.63) is 40.9 Å². The van der Waals surface area contributed by atoms with Gasteiger partial charge < -0.3 is 15.2 Å². The minimum Gasteiger partial charge on any atom is -0.503 e. The van der Waals surface area contributed by atoms with Crippen LogP contribution in [0.2, 0.25) is 0 Å². The first-order valence-corrected chi connectivity index (χ1v) is 6.04. The summed E-state index contributed by atoms with van der Waals surface area (Å²) >= 11 is 3.28. The molecule has 0 aliphatic heterocycles. The van der Waals surface area contributed by atoms with Crippen LogP contribution < -0.4 is 10.1 Å². The molecule has 18 heavy (non-hydrogen) atoms. The molecule has 2 aromatic rings. The van der Waals surface area contributed by atoms with Gasteiger partial charge in [-0.25, -0.2) is 9.97 Å². The van der Waals surface area contributed by atoms with E-state index < -0.39 is 0 Å². The van der Waals surface area contributed by atoms with Crippen molar-refractivity contribution >= 4 is 21.6 Å². The number of nitrogens with zero attached hydrogens (tertiary/aromatic N) is 2. The Kier molecular flexibility index (Phi) is 3.99. The molecule has 0 radical (unpaired) electrons. The Morgan fingerprint density at radius 3 is 2.72 bits per heavy atom. The molecule has 1 aromatic heterocycles. The zero-order chi connectivity index (χ0) is 13.0. The Balaban J connectivity index is 2.13. The van der Waals surface area contributed by atoms with E-state index in [1.54, 1.807) is 18.5 Å². The van der Waals surface area contributed by atoms with Crippen molar-refractivity contribution in [2.45, 2.75) is 6.54 Å². The number of halogens is 1. The summed E-state index contributed by atoms with van der Waals surface area (Å²) in [5, 5.41) is 12.9. The van der Waals surface area contributed by atoms with Gasteiger partial charge in [0.05, 0.1) is 29.7 Å². The summed E-state index contributed by atoms with van der Waals surface area (Å²) in [6, 6.07) is 3.60. The zero-order valence-electron chi connectivity index (χ0n) is 9.72. The molecule has 5 nitrogen and oxygen atoms in total. The van der Waals surface area contributed by atoms with Crippen LogP contribution in [0.25, 0.3) is 0 Å². The number of rotatable bonds is 4. The Morgan fingerprint density at radius 2 is 2.06 bits per heavy atom. The Hall–Kier alpha value is -1.82. The van der Waals surface area contributed by atoms with Gasteiger partial charge in [-0.2, -0.15) is 0 Å². The van der Waals surface area contributed by atoms with Gasteiger partial charge in [-0.05, 0) is 33.6 Å². The summed E-state index contributed by atoms with van der Waals surface area (Å²) < 4.78 is 5.69. The third-order valence-corrected chi connectivity index (χ3v) is 2.97. The predicted molar refractivity (Wildman–Crippen MR) is 71.7 cm³/mol. The van der Waals surface area contributed by atoms with Gasteiger partial charge in [0.1, 0.15) is 6.33 Å². The molecule has 0 aliphatic rings. The zero-order valence-corrected chi connectivity index (χ0v) is 11.3. The SMILES string of the molecule is COc1cc(CNc2cncnc2)cc(Br)c1O. The quantitative estimate of drug-likeness (QED) is 0.908. The molecule has 2 rings (SSSR count). The van der Waals surface area contributed by atoms with Gasteiger partial charge in [-0.15, -0.1) is 0 Å². The highest BCUT2D eigenvalue weighted by Crippen LogP contribution is 2.35. The predicted octanol–water partition coefficient (Wildman–Crippen LogP) is 2.57. The van der Waals surface area contributed by atoms with E-state index in [9.17, 15) is 5.11 Å². The molecular formula is C12H12BrN3O2. The van der Waals surface area contributed by atoms with E-state index >= 15 is 0 Å². The monoisotopic (exact) mass is 309 g/mol. The first-order chi connectivity index (χ1) is 8.70. The minimum atomic E-state index is 0.101. The van der Waals surface area contributed by atoms with Crippen LogP contribution in [-0.2, 0) is 6.54 Å². The smallest absolute Gasteiger partial charge is 0.172 e. The second-order valence-electron chi connectivity index (χ2n) is 3.61. The number of anilines is 1. The number of hydrogen-bond donors (Lipinski definition) is 2. The van der Waals surface area contributed by atoms with Gasteiger partial charge in [0, 0.05) is 6.54 Å². The first kappa shape index (κ1) is 12.6. The van der Waals surface area contributed by atoms with Crippen LogP contribution in [0.1, 0.15) is 5.56 Å². The fourth-order valence-electron chi connectivity index (χ4n) is 1.48. The van der Waals surface area contributed by atoms with Crippen molar-refractivity contribution in [1.29, 1.82) is 0 Å². The van der Waals surface area contributed by atoms with Crippen LogP contribution in [0, 0.1) is 0 Å². The van der Waals surface area contributed by atoms with Crippen molar-refractivity contribution in [3.63, 3.8) is 0 Å². The Bertz CT molecular complexity index is 534. The standard InChI is InChI=1S/C12H12BrN3O2/c1-18-11-3-8(2-10(13)12(11)17)4-16-9-5-14-7-15-6-9/h2-3,5-7,16-17H,4H2,1H3. The molecule has 0 fully saturated rings. The van der Waals surface area contributed by atoms with Crippen molar-refractivity contribution in [2.75, 3.05) is 12.4 Å². The molecule has 0 saturated carbocycles. The highest BCUT2D eigenvalue weighted by Gasteiger charge is 2.08. The van der Waals surface area contributed by atoms with E-state index in [1.165, 1.54) is 13.4 Å². The number of ether oxygens (including phenoxy) is 1. The maximum absolute atomic E-state index is 9.69. The second kappa shape index (κ2) is 5.68. The Labute approximate surface area is 113 Å². The van der Waals surface area contributed by atoms with E-state index in [0.29, 0.717) is 16.8 Å². The van der Waals surface area contributed by atoms with E-state index in [4.69, 9.17) is 4.74 Å². The summed E-state index contributed by atoms with van der Waals surface area (Å²) in [5.74, 6) is 0.537. The molecule has 6 heteroatoms. The van der Waals surface area contributed by atoms with E-state index in [1.807, 2.05) is 6.07 Å². The number of methoxy groups -OCH3 is 1. The molecule has 1 heterocycles. The first-order valence-electron chi connectivity index (χ1n) is 5.25. The van der Waals surface area contributed by atoms with Crippen molar-refractivity contribution < 1.29 is 9.84 Å². The molecule has 0 amide bonds.